The van der Waals surface area contributed by atoms with E-state index in [4.69, 9.17) is 14.2 Å². The molecule has 0 atom stereocenters. The number of esters is 3. The Morgan fingerprint density at radius 3 is 1.39 bits per heavy atom. The van der Waals surface area contributed by atoms with Gasteiger partial charge in [0.2, 0.25) is 0 Å². The van der Waals surface area contributed by atoms with Crippen LogP contribution in [0.15, 0.2) is 78.9 Å². The molecule has 1 aliphatic rings. The molecule has 220 valence electrons. The van der Waals surface area contributed by atoms with Gasteiger partial charge in [-0.05, 0) is 62.4 Å². The van der Waals surface area contributed by atoms with Crippen LogP contribution in [0.25, 0.3) is 11.1 Å². The third-order valence-corrected chi connectivity index (χ3v) is 5.15. The summed E-state index contributed by atoms with van der Waals surface area (Å²) in [4.78, 5) is 41.1. The van der Waals surface area contributed by atoms with Gasteiger partial charge in [-0.25, -0.2) is 0 Å². The van der Waals surface area contributed by atoms with Gasteiger partial charge in [-0.1, -0.05) is 78.9 Å². The molecule has 0 heterocycles. The minimum Gasteiger partial charge on any atom is -0.465 e. The van der Waals surface area contributed by atoms with E-state index in [2.05, 4.69) is 24.3 Å². The SMILES string of the molecule is CC(=O)OC(C)(C)C.CC(=O)OCC1c2ccccc2-c2ccccc21.CC(=O)OCc1ccccc1.CC(C)=O. The highest BCUT2D eigenvalue weighted by atomic mass is 16.6. The van der Waals surface area contributed by atoms with Crippen molar-refractivity contribution >= 4 is 23.7 Å². The van der Waals surface area contributed by atoms with E-state index in [1.165, 1.54) is 56.9 Å². The fourth-order valence-electron chi connectivity index (χ4n) is 3.83. The summed E-state index contributed by atoms with van der Waals surface area (Å²) in [6.07, 6.45) is 0. The van der Waals surface area contributed by atoms with Crippen molar-refractivity contribution in [2.75, 3.05) is 6.61 Å². The summed E-state index contributed by atoms with van der Waals surface area (Å²) in [6.45, 7) is 13.6. The third kappa shape index (κ3) is 14.6. The second kappa shape index (κ2) is 17.4. The fraction of sp³-hybridized carbons (Fsp3) is 0.353. The third-order valence-electron chi connectivity index (χ3n) is 5.15. The molecule has 0 unspecified atom stereocenters. The van der Waals surface area contributed by atoms with E-state index in [1.54, 1.807) is 0 Å². The Kier molecular flexibility index (Phi) is 14.8. The largest absolute Gasteiger partial charge is 0.465 e. The maximum atomic E-state index is 11.0. The van der Waals surface area contributed by atoms with E-state index >= 15 is 0 Å². The first-order chi connectivity index (χ1) is 19.2. The molecular formula is C34H42O7. The van der Waals surface area contributed by atoms with Crippen LogP contribution in [0.4, 0.5) is 0 Å². The Balaban J connectivity index is 0.000000314. The van der Waals surface area contributed by atoms with Crippen LogP contribution < -0.4 is 0 Å². The number of fused-ring (bicyclic) bond motifs is 3. The predicted octanol–water partition coefficient (Wildman–Crippen LogP) is 7.06. The van der Waals surface area contributed by atoms with Gasteiger partial charge in [0.1, 0.15) is 24.6 Å². The molecule has 0 bridgehead atoms. The van der Waals surface area contributed by atoms with Gasteiger partial charge in [0.15, 0.2) is 0 Å². The lowest BCUT2D eigenvalue weighted by Gasteiger charge is -2.17. The zero-order chi connectivity index (χ0) is 31.0. The molecule has 0 saturated heterocycles. The van der Waals surface area contributed by atoms with Gasteiger partial charge in [-0.2, -0.15) is 0 Å². The number of carbonyl (C=O) groups excluding carboxylic acids is 4. The monoisotopic (exact) mass is 562 g/mol. The molecule has 4 rings (SSSR count). The number of benzene rings is 3. The lowest BCUT2D eigenvalue weighted by Crippen LogP contribution is -2.21. The molecule has 7 heteroatoms. The first-order valence-electron chi connectivity index (χ1n) is 13.4. The van der Waals surface area contributed by atoms with Crippen molar-refractivity contribution in [1.29, 1.82) is 0 Å². The second-order valence-electron chi connectivity index (χ2n) is 10.4. The van der Waals surface area contributed by atoms with Crippen LogP contribution in [0.2, 0.25) is 0 Å². The minimum atomic E-state index is -0.328. The molecule has 0 amide bonds. The number of rotatable bonds is 4. The normalized spacial score (nSPS) is 10.9. The van der Waals surface area contributed by atoms with E-state index in [0.29, 0.717) is 13.2 Å². The number of hydrogen-bond acceptors (Lipinski definition) is 7. The Morgan fingerprint density at radius 1 is 0.610 bits per heavy atom. The lowest BCUT2D eigenvalue weighted by molar-refractivity contribution is -0.152. The van der Waals surface area contributed by atoms with Gasteiger partial charge in [-0.15, -0.1) is 0 Å². The topological polar surface area (TPSA) is 96.0 Å². The van der Waals surface area contributed by atoms with Crippen LogP contribution in [0.5, 0.6) is 0 Å². The number of ketones is 1. The molecule has 41 heavy (non-hydrogen) atoms. The maximum Gasteiger partial charge on any atom is 0.303 e. The van der Waals surface area contributed by atoms with Gasteiger partial charge >= 0.3 is 17.9 Å². The molecule has 0 aromatic heterocycles. The molecule has 1 aliphatic carbocycles. The van der Waals surface area contributed by atoms with Gasteiger partial charge in [0.25, 0.3) is 0 Å². The molecule has 7 nitrogen and oxygen atoms in total. The second-order valence-corrected chi connectivity index (χ2v) is 10.4. The van der Waals surface area contributed by atoms with Crippen molar-refractivity contribution in [3.63, 3.8) is 0 Å². The average molecular weight is 563 g/mol. The van der Waals surface area contributed by atoms with Crippen LogP contribution in [-0.2, 0) is 40.0 Å². The van der Waals surface area contributed by atoms with Crippen LogP contribution in [0.1, 0.15) is 78.0 Å². The van der Waals surface area contributed by atoms with E-state index < -0.39 is 0 Å². The zero-order valence-electron chi connectivity index (χ0n) is 25.4. The quantitative estimate of drug-likeness (QED) is 0.248. The van der Waals surface area contributed by atoms with Crippen molar-refractivity contribution in [3.8, 4) is 11.1 Å². The average Bonchev–Trinajstić information content (AvgIpc) is 3.19. The van der Waals surface area contributed by atoms with Crippen molar-refractivity contribution in [1.82, 2.24) is 0 Å². The summed E-state index contributed by atoms with van der Waals surface area (Å²) in [7, 11) is 0. The van der Waals surface area contributed by atoms with Crippen molar-refractivity contribution in [3.05, 3.63) is 95.6 Å². The Morgan fingerprint density at radius 2 is 1.02 bits per heavy atom. The summed E-state index contributed by atoms with van der Waals surface area (Å²) in [5.41, 5.74) is 5.70. The standard InChI is InChI=1S/C16H14O2.C9H10O2.C6H12O2.C3H6O/c1-11(17)18-10-16-14-8-4-2-6-12(14)13-7-3-5-9-15(13)16;1-8(10)11-7-9-5-3-2-4-6-9;1-5(7)8-6(2,3)4;1-3(2)4/h2-9,16H,10H2,1H3;2-6H,7H2,1H3;1-4H3;1-2H3. The van der Waals surface area contributed by atoms with Crippen molar-refractivity contribution in [2.24, 2.45) is 0 Å². The van der Waals surface area contributed by atoms with Gasteiger partial charge in [0, 0.05) is 26.7 Å². The Hall–Kier alpha value is -4.26. The smallest absolute Gasteiger partial charge is 0.303 e. The van der Waals surface area contributed by atoms with Gasteiger partial charge < -0.3 is 19.0 Å². The first-order valence-corrected chi connectivity index (χ1v) is 13.4. The fourth-order valence-corrected chi connectivity index (χ4v) is 3.83. The molecule has 0 fully saturated rings. The van der Waals surface area contributed by atoms with E-state index in [1.807, 2.05) is 75.4 Å². The maximum absolute atomic E-state index is 11.0. The number of Topliss-reactive ketones (excluding diaryl/α,β-unsaturated/α-hetero) is 1. The zero-order valence-corrected chi connectivity index (χ0v) is 25.4. The highest BCUT2D eigenvalue weighted by molar-refractivity contribution is 5.79. The predicted molar refractivity (Wildman–Crippen MR) is 160 cm³/mol. The first kappa shape index (κ1) is 34.8. The van der Waals surface area contributed by atoms with Crippen LogP contribution in [0, 0.1) is 0 Å². The summed E-state index contributed by atoms with van der Waals surface area (Å²) in [5.74, 6) is -0.357. The van der Waals surface area contributed by atoms with E-state index in [0.717, 1.165) is 5.56 Å². The summed E-state index contributed by atoms with van der Waals surface area (Å²) < 4.78 is 14.8. The van der Waals surface area contributed by atoms with E-state index in [-0.39, 0.29) is 35.2 Å². The van der Waals surface area contributed by atoms with Crippen LogP contribution in [0.3, 0.4) is 0 Å². The number of ether oxygens (including phenoxy) is 3. The Labute approximate surface area is 243 Å². The van der Waals surface area contributed by atoms with Gasteiger partial charge in [-0.3, -0.25) is 14.4 Å². The van der Waals surface area contributed by atoms with E-state index in [9.17, 15) is 19.2 Å². The number of carbonyl (C=O) groups is 4. The van der Waals surface area contributed by atoms with Crippen molar-refractivity contribution in [2.45, 2.75) is 73.5 Å². The number of hydrogen-bond donors (Lipinski definition) is 0. The molecule has 0 spiro atoms. The van der Waals surface area contributed by atoms with Gasteiger partial charge in [0.05, 0.1) is 0 Å². The highest BCUT2D eigenvalue weighted by Gasteiger charge is 2.28. The van der Waals surface area contributed by atoms with Crippen LogP contribution in [-0.4, -0.2) is 35.9 Å². The minimum absolute atomic E-state index is 0.167. The molecule has 3 aromatic rings. The van der Waals surface area contributed by atoms with Crippen LogP contribution >= 0.6 is 0 Å². The highest BCUT2D eigenvalue weighted by Crippen LogP contribution is 2.44. The lowest BCUT2D eigenvalue weighted by atomic mass is 9.98. The summed E-state index contributed by atoms with van der Waals surface area (Å²) >= 11 is 0. The molecule has 3 aromatic carbocycles. The summed E-state index contributed by atoms with van der Waals surface area (Å²) in [6, 6.07) is 26.2. The molecule has 0 aliphatic heterocycles. The molecule has 0 N–H and O–H groups in total. The molecule has 0 radical (unpaired) electrons. The summed E-state index contributed by atoms with van der Waals surface area (Å²) in [5, 5.41) is 0. The molecule has 0 saturated carbocycles. The molecular weight excluding hydrogens is 520 g/mol. The van der Waals surface area contributed by atoms with Crippen molar-refractivity contribution < 1.29 is 33.4 Å². The Bertz CT molecular complexity index is 1220.